The Kier molecular flexibility index (Phi) is 5.78. The fourth-order valence-electron chi connectivity index (χ4n) is 1.37. The van der Waals surface area contributed by atoms with Crippen molar-refractivity contribution >= 4 is 21.7 Å². The van der Waals surface area contributed by atoms with Gasteiger partial charge in [0.15, 0.2) is 5.78 Å². The maximum Gasteiger partial charge on any atom is 0.150 e. The summed E-state index contributed by atoms with van der Waals surface area (Å²) in [5, 5.41) is 3.14. The molecule has 1 atom stereocenters. The van der Waals surface area contributed by atoms with Gasteiger partial charge in [-0.3, -0.25) is 4.79 Å². The van der Waals surface area contributed by atoms with Gasteiger partial charge in [-0.25, -0.2) is 4.39 Å². The van der Waals surface area contributed by atoms with Gasteiger partial charge < -0.3 is 5.32 Å². The number of nitrogens with one attached hydrogen (secondary N) is 1. The number of hydrogen-bond acceptors (Lipinski definition) is 2. The minimum Gasteiger partial charge on any atom is -0.307 e. The number of ketones is 1. The third-order valence-electron chi connectivity index (χ3n) is 2.65. The van der Waals surface area contributed by atoms with Gasteiger partial charge in [-0.2, -0.15) is 0 Å². The van der Waals surface area contributed by atoms with Crippen LogP contribution in [-0.2, 0) is 11.2 Å². The zero-order valence-corrected chi connectivity index (χ0v) is 11.7. The molecule has 0 bridgehead atoms. The third-order valence-corrected chi connectivity index (χ3v) is 3.25. The normalized spacial score (nSPS) is 12.5. The summed E-state index contributed by atoms with van der Waals surface area (Å²) in [5.41, 5.74) is 0.828. The molecule has 1 N–H and O–H groups in total. The fourth-order valence-corrected chi connectivity index (χ4v) is 1.80. The summed E-state index contributed by atoms with van der Waals surface area (Å²) in [5.74, 6) is -0.192. The summed E-state index contributed by atoms with van der Waals surface area (Å²) in [4.78, 5) is 11.7. The molecule has 1 aromatic carbocycles. The summed E-state index contributed by atoms with van der Waals surface area (Å²) in [6.45, 7) is 4.48. The third kappa shape index (κ3) is 4.96. The van der Waals surface area contributed by atoms with Crippen LogP contribution in [0.25, 0.3) is 0 Å². The van der Waals surface area contributed by atoms with Gasteiger partial charge in [0.25, 0.3) is 0 Å². The Hall–Kier alpha value is -0.740. The zero-order chi connectivity index (χ0) is 12.8. The molecular formula is C13H17BrFNO. The average molecular weight is 302 g/mol. The number of halogens is 2. The second-order valence-corrected chi connectivity index (χ2v) is 5.01. The highest BCUT2D eigenvalue weighted by atomic mass is 79.9. The number of rotatable bonds is 6. The Labute approximate surface area is 110 Å². The first-order valence-corrected chi connectivity index (χ1v) is 6.51. The molecule has 17 heavy (non-hydrogen) atoms. The van der Waals surface area contributed by atoms with Crippen molar-refractivity contribution in [2.75, 3.05) is 6.54 Å². The molecular weight excluding hydrogens is 285 g/mol. The van der Waals surface area contributed by atoms with Crippen molar-refractivity contribution in [2.24, 2.45) is 0 Å². The second kappa shape index (κ2) is 6.87. The van der Waals surface area contributed by atoms with Crippen LogP contribution in [0, 0.1) is 5.82 Å². The lowest BCUT2D eigenvalue weighted by Crippen LogP contribution is -2.31. The number of carbonyl (C=O) groups is 1. The van der Waals surface area contributed by atoms with Crippen LogP contribution in [0.3, 0.4) is 0 Å². The molecule has 0 aliphatic carbocycles. The number of carbonyl (C=O) groups excluding carboxylic acids is 1. The van der Waals surface area contributed by atoms with Crippen molar-refractivity contribution in [1.82, 2.24) is 5.32 Å². The molecule has 0 amide bonds. The van der Waals surface area contributed by atoms with Crippen LogP contribution in [0.4, 0.5) is 4.39 Å². The van der Waals surface area contributed by atoms with Crippen LogP contribution in [0.5, 0.6) is 0 Å². The maximum atomic E-state index is 13.0. The molecule has 0 fully saturated rings. The highest BCUT2D eigenvalue weighted by Gasteiger charge is 2.07. The van der Waals surface area contributed by atoms with Crippen molar-refractivity contribution in [2.45, 2.75) is 32.7 Å². The van der Waals surface area contributed by atoms with E-state index < -0.39 is 0 Å². The summed E-state index contributed by atoms with van der Waals surface area (Å²) in [6, 6.07) is 5.01. The molecule has 2 nitrogen and oxygen atoms in total. The Morgan fingerprint density at radius 2 is 2.24 bits per heavy atom. The van der Waals surface area contributed by atoms with Gasteiger partial charge in [0.1, 0.15) is 5.82 Å². The molecule has 0 saturated heterocycles. The maximum absolute atomic E-state index is 13.0. The summed E-state index contributed by atoms with van der Waals surface area (Å²) >= 11 is 3.11. The summed E-state index contributed by atoms with van der Waals surface area (Å²) < 4.78 is 13.4. The standard InChI is InChI=1S/C13H17BrFNO/c1-3-9(2)16-8-11(17)6-10-4-5-13(15)12(14)7-10/h4-5,7,9,16H,3,6,8H2,1-2H3. The lowest BCUT2D eigenvalue weighted by molar-refractivity contribution is -0.117. The quantitative estimate of drug-likeness (QED) is 0.875. The molecule has 1 unspecified atom stereocenters. The minimum absolute atomic E-state index is 0.115. The lowest BCUT2D eigenvalue weighted by Gasteiger charge is -2.10. The molecule has 94 valence electrons. The van der Waals surface area contributed by atoms with Gasteiger partial charge in [-0.1, -0.05) is 13.0 Å². The van der Waals surface area contributed by atoms with Gasteiger partial charge in [0.2, 0.25) is 0 Å². The van der Waals surface area contributed by atoms with E-state index in [0.717, 1.165) is 12.0 Å². The molecule has 4 heteroatoms. The molecule has 0 aromatic heterocycles. The topological polar surface area (TPSA) is 29.1 Å². The van der Waals surface area contributed by atoms with Crippen LogP contribution >= 0.6 is 15.9 Å². The van der Waals surface area contributed by atoms with Crippen LogP contribution in [-0.4, -0.2) is 18.4 Å². The number of benzene rings is 1. The van der Waals surface area contributed by atoms with Gasteiger partial charge in [0.05, 0.1) is 11.0 Å². The fraction of sp³-hybridized carbons (Fsp3) is 0.462. The minimum atomic E-state index is -0.307. The van der Waals surface area contributed by atoms with E-state index in [1.54, 1.807) is 12.1 Å². The molecule has 0 radical (unpaired) electrons. The van der Waals surface area contributed by atoms with E-state index in [9.17, 15) is 9.18 Å². The van der Waals surface area contributed by atoms with Crippen LogP contribution in [0.15, 0.2) is 22.7 Å². The van der Waals surface area contributed by atoms with E-state index >= 15 is 0 Å². The Bertz CT molecular complexity index is 395. The van der Waals surface area contributed by atoms with E-state index in [2.05, 4.69) is 28.2 Å². The van der Waals surface area contributed by atoms with E-state index in [4.69, 9.17) is 0 Å². The van der Waals surface area contributed by atoms with Gasteiger partial charge in [0, 0.05) is 12.5 Å². The van der Waals surface area contributed by atoms with Crippen molar-refractivity contribution in [3.8, 4) is 0 Å². The predicted octanol–water partition coefficient (Wildman–Crippen LogP) is 3.09. The summed E-state index contributed by atoms with van der Waals surface area (Å²) in [6.07, 6.45) is 1.33. The monoisotopic (exact) mass is 301 g/mol. The Morgan fingerprint density at radius 1 is 1.53 bits per heavy atom. The first kappa shape index (κ1) is 14.3. The van der Waals surface area contributed by atoms with Gasteiger partial charge >= 0.3 is 0 Å². The highest BCUT2D eigenvalue weighted by Crippen LogP contribution is 2.17. The van der Waals surface area contributed by atoms with Crippen molar-refractivity contribution in [3.63, 3.8) is 0 Å². The van der Waals surface area contributed by atoms with Gasteiger partial charge in [-0.15, -0.1) is 0 Å². The Balaban J connectivity index is 2.48. The lowest BCUT2D eigenvalue weighted by atomic mass is 10.1. The van der Waals surface area contributed by atoms with Crippen molar-refractivity contribution < 1.29 is 9.18 Å². The molecule has 1 rings (SSSR count). The number of Topliss-reactive ketones (excluding diaryl/α,β-unsaturated/α-hetero) is 1. The van der Waals surface area contributed by atoms with Crippen LogP contribution in [0.2, 0.25) is 0 Å². The largest absolute Gasteiger partial charge is 0.307 e. The second-order valence-electron chi connectivity index (χ2n) is 4.15. The van der Waals surface area contributed by atoms with Crippen molar-refractivity contribution in [1.29, 1.82) is 0 Å². The Morgan fingerprint density at radius 3 is 2.82 bits per heavy atom. The SMILES string of the molecule is CCC(C)NCC(=O)Cc1ccc(F)c(Br)c1. The van der Waals surface area contributed by atoms with E-state index in [0.29, 0.717) is 23.5 Å². The average Bonchev–Trinajstić information content (AvgIpc) is 2.31. The van der Waals surface area contributed by atoms with Gasteiger partial charge in [-0.05, 0) is 47.0 Å². The first-order valence-electron chi connectivity index (χ1n) is 5.72. The van der Waals surface area contributed by atoms with Crippen LogP contribution in [0.1, 0.15) is 25.8 Å². The summed E-state index contributed by atoms with van der Waals surface area (Å²) in [7, 11) is 0. The van der Waals surface area contributed by atoms with Crippen LogP contribution < -0.4 is 5.32 Å². The van der Waals surface area contributed by atoms with E-state index in [1.807, 2.05) is 6.92 Å². The highest BCUT2D eigenvalue weighted by molar-refractivity contribution is 9.10. The van der Waals surface area contributed by atoms with E-state index in [-0.39, 0.29) is 11.6 Å². The molecule has 0 spiro atoms. The predicted molar refractivity (Wildman–Crippen MR) is 70.6 cm³/mol. The smallest absolute Gasteiger partial charge is 0.150 e. The molecule has 1 aromatic rings. The molecule has 0 saturated carbocycles. The van der Waals surface area contributed by atoms with Crippen molar-refractivity contribution in [3.05, 3.63) is 34.1 Å². The zero-order valence-electron chi connectivity index (χ0n) is 10.1. The molecule has 0 aliphatic heterocycles. The van der Waals surface area contributed by atoms with E-state index in [1.165, 1.54) is 6.07 Å². The molecule has 0 aliphatic rings. The number of hydrogen-bond donors (Lipinski definition) is 1. The first-order chi connectivity index (χ1) is 8.02. The molecule has 0 heterocycles.